The Morgan fingerprint density at radius 3 is 2.68 bits per heavy atom. The molecule has 1 saturated carbocycles. The van der Waals surface area contributed by atoms with E-state index in [0.29, 0.717) is 31.6 Å². The van der Waals surface area contributed by atoms with Crippen molar-refractivity contribution in [2.75, 3.05) is 19.8 Å². The number of pyridine rings is 1. The van der Waals surface area contributed by atoms with E-state index in [2.05, 4.69) is 4.98 Å². The maximum Gasteiger partial charge on any atom is 0.490 e. The molecule has 0 bridgehead atoms. The van der Waals surface area contributed by atoms with Gasteiger partial charge in [0.05, 0.1) is 30.9 Å². The lowest BCUT2D eigenvalue weighted by atomic mass is 10.1. The number of carbonyl (C=O) groups is 2. The van der Waals surface area contributed by atoms with Crippen LogP contribution in [0.15, 0.2) is 41.2 Å². The first kappa shape index (κ1) is 23.0. The standard InChI is InChI=1S/C18H20N2O3S.C2HF3O2/c21-18(14-4-8-24-12-14)20-6-7-22-16-10-13(9-15(16)20)11-23-17-3-1-2-5-19-17;3-2(4,5)1(6)7/h1-5,8,12-13,15-16H,6-7,9-11H2;(H,6,7). The molecule has 2 aliphatic rings. The van der Waals surface area contributed by atoms with Crippen LogP contribution in [-0.2, 0) is 9.53 Å². The molecule has 0 spiro atoms. The highest BCUT2D eigenvalue weighted by Crippen LogP contribution is 2.35. The summed E-state index contributed by atoms with van der Waals surface area (Å²) in [6.07, 6.45) is -1.37. The molecular weight excluding hydrogens is 437 g/mol. The monoisotopic (exact) mass is 458 g/mol. The maximum absolute atomic E-state index is 12.7. The van der Waals surface area contributed by atoms with Gasteiger partial charge >= 0.3 is 12.1 Å². The second-order valence-corrected chi connectivity index (χ2v) is 7.89. The zero-order valence-electron chi connectivity index (χ0n) is 16.3. The number of ether oxygens (including phenoxy) is 2. The summed E-state index contributed by atoms with van der Waals surface area (Å²) in [6, 6.07) is 7.71. The minimum atomic E-state index is -5.08. The summed E-state index contributed by atoms with van der Waals surface area (Å²) >= 11 is 1.56. The summed E-state index contributed by atoms with van der Waals surface area (Å²) in [4.78, 5) is 27.8. The molecule has 0 radical (unpaired) electrons. The van der Waals surface area contributed by atoms with Gasteiger partial charge in [-0.1, -0.05) is 6.07 Å². The summed E-state index contributed by atoms with van der Waals surface area (Å²) < 4.78 is 43.5. The number of halogens is 3. The number of nitrogens with zero attached hydrogens (tertiary/aromatic N) is 2. The number of alkyl halides is 3. The van der Waals surface area contributed by atoms with Crippen molar-refractivity contribution in [2.45, 2.75) is 31.2 Å². The van der Waals surface area contributed by atoms with Crippen molar-refractivity contribution in [3.05, 3.63) is 46.8 Å². The zero-order valence-corrected chi connectivity index (χ0v) is 17.1. The molecule has 2 fully saturated rings. The summed E-state index contributed by atoms with van der Waals surface area (Å²) in [5, 5.41) is 11.0. The number of hydrogen-bond acceptors (Lipinski definition) is 6. The quantitative estimate of drug-likeness (QED) is 0.755. The molecular formula is C20H21F3N2O5S. The molecule has 3 atom stereocenters. The Kier molecular flexibility index (Phi) is 7.50. The van der Waals surface area contributed by atoms with Crippen LogP contribution in [0.5, 0.6) is 5.88 Å². The van der Waals surface area contributed by atoms with Crippen molar-refractivity contribution in [2.24, 2.45) is 5.92 Å². The Hall–Kier alpha value is -2.66. The van der Waals surface area contributed by atoms with Crippen molar-refractivity contribution in [3.8, 4) is 5.88 Å². The minimum absolute atomic E-state index is 0.124. The molecule has 1 aliphatic heterocycles. The average Bonchev–Trinajstić information content (AvgIpc) is 3.42. The Morgan fingerprint density at radius 2 is 2.06 bits per heavy atom. The average molecular weight is 458 g/mol. The highest BCUT2D eigenvalue weighted by Gasteiger charge is 2.43. The van der Waals surface area contributed by atoms with Gasteiger partial charge in [0.25, 0.3) is 5.91 Å². The summed E-state index contributed by atoms with van der Waals surface area (Å²) in [5.41, 5.74) is 0.786. The number of aliphatic carboxylic acids is 1. The number of morpholine rings is 1. The van der Waals surface area contributed by atoms with Crippen LogP contribution in [0.2, 0.25) is 0 Å². The van der Waals surface area contributed by atoms with E-state index in [0.717, 1.165) is 18.4 Å². The molecule has 2 aromatic rings. The molecule has 3 heterocycles. The van der Waals surface area contributed by atoms with Gasteiger partial charge in [0, 0.05) is 24.2 Å². The number of fused-ring (bicyclic) bond motifs is 1. The third kappa shape index (κ3) is 6.17. The van der Waals surface area contributed by atoms with Crippen molar-refractivity contribution in [1.29, 1.82) is 0 Å². The lowest BCUT2D eigenvalue weighted by molar-refractivity contribution is -0.192. The van der Waals surface area contributed by atoms with E-state index in [4.69, 9.17) is 19.4 Å². The van der Waals surface area contributed by atoms with Crippen molar-refractivity contribution < 1.29 is 37.3 Å². The third-order valence-corrected chi connectivity index (χ3v) is 5.69. The first-order valence-electron chi connectivity index (χ1n) is 9.54. The predicted octanol–water partition coefficient (Wildman–Crippen LogP) is 3.48. The van der Waals surface area contributed by atoms with Gasteiger partial charge in [-0.2, -0.15) is 24.5 Å². The van der Waals surface area contributed by atoms with Gasteiger partial charge in [-0.15, -0.1) is 0 Å². The van der Waals surface area contributed by atoms with E-state index >= 15 is 0 Å². The molecule has 31 heavy (non-hydrogen) atoms. The fraction of sp³-hybridized carbons (Fsp3) is 0.450. The lowest BCUT2D eigenvalue weighted by Gasteiger charge is -2.37. The summed E-state index contributed by atoms with van der Waals surface area (Å²) in [7, 11) is 0. The third-order valence-electron chi connectivity index (χ3n) is 5.01. The fourth-order valence-electron chi connectivity index (χ4n) is 3.63. The summed E-state index contributed by atoms with van der Waals surface area (Å²) in [5.74, 6) is -1.59. The van der Waals surface area contributed by atoms with Crippen LogP contribution in [-0.4, -0.2) is 64.9 Å². The van der Waals surface area contributed by atoms with Crippen LogP contribution < -0.4 is 4.74 Å². The highest BCUT2D eigenvalue weighted by molar-refractivity contribution is 7.08. The second kappa shape index (κ2) is 10.1. The number of amides is 1. The fourth-order valence-corrected chi connectivity index (χ4v) is 4.26. The first-order valence-corrected chi connectivity index (χ1v) is 10.5. The Labute approximate surface area is 180 Å². The van der Waals surface area contributed by atoms with E-state index in [1.54, 1.807) is 17.5 Å². The van der Waals surface area contributed by atoms with Gasteiger partial charge in [0.1, 0.15) is 0 Å². The predicted molar refractivity (Wildman–Crippen MR) is 105 cm³/mol. The largest absolute Gasteiger partial charge is 0.490 e. The van der Waals surface area contributed by atoms with Crippen LogP contribution in [0.4, 0.5) is 13.2 Å². The highest BCUT2D eigenvalue weighted by atomic mass is 32.1. The minimum Gasteiger partial charge on any atom is -0.477 e. The van der Waals surface area contributed by atoms with E-state index < -0.39 is 12.1 Å². The molecule has 4 rings (SSSR count). The molecule has 1 N–H and O–H groups in total. The van der Waals surface area contributed by atoms with Crippen LogP contribution in [0.25, 0.3) is 0 Å². The van der Waals surface area contributed by atoms with Crippen molar-refractivity contribution in [1.82, 2.24) is 9.88 Å². The van der Waals surface area contributed by atoms with Gasteiger partial charge in [0.15, 0.2) is 0 Å². The number of hydrogen-bond donors (Lipinski definition) is 1. The molecule has 168 valence electrons. The maximum atomic E-state index is 12.7. The molecule has 3 unspecified atom stereocenters. The molecule has 0 aromatic carbocycles. The Morgan fingerprint density at radius 1 is 1.29 bits per heavy atom. The topological polar surface area (TPSA) is 89.0 Å². The van der Waals surface area contributed by atoms with Gasteiger partial charge in [-0.3, -0.25) is 4.79 Å². The van der Waals surface area contributed by atoms with Gasteiger partial charge in [0.2, 0.25) is 5.88 Å². The number of rotatable bonds is 4. The molecule has 2 aromatic heterocycles. The van der Waals surface area contributed by atoms with Crippen LogP contribution >= 0.6 is 11.3 Å². The second-order valence-electron chi connectivity index (χ2n) is 7.11. The first-order chi connectivity index (χ1) is 14.8. The van der Waals surface area contributed by atoms with Crippen molar-refractivity contribution in [3.63, 3.8) is 0 Å². The molecule has 1 amide bonds. The number of thiophene rings is 1. The molecule has 11 heteroatoms. The number of carboxylic acid groups (broad SMARTS) is 1. The zero-order chi connectivity index (χ0) is 22.4. The van der Waals surface area contributed by atoms with E-state index in [1.165, 1.54) is 0 Å². The Bertz CT molecular complexity index is 863. The Balaban J connectivity index is 0.000000339. The number of carbonyl (C=O) groups excluding carboxylic acids is 1. The molecule has 7 nitrogen and oxygen atoms in total. The van der Waals surface area contributed by atoms with Gasteiger partial charge in [-0.05, 0) is 36.3 Å². The summed E-state index contributed by atoms with van der Waals surface area (Å²) in [6.45, 7) is 1.91. The van der Waals surface area contributed by atoms with Crippen molar-refractivity contribution >= 4 is 23.2 Å². The van der Waals surface area contributed by atoms with Crippen LogP contribution in [0.3, 0.4) is 0 Å². The van der Waals surface area contributed by atoms with Gasteiger partial charge in [-0.25, -0.2) is 9.78 Å². The normalized spacial score (nSPS) is 22.8. The van der Waals surface area contributed by atoms with E-state index in [-0.39, 0.29) is 18.1 Å². The molecule has 1 aliphatic carbocycles. The van der Waals surface area contributed by atoms with Gasteiger partial charge < -0.3 is 19.5 Å². The number of carboxylic acids is 1. The lowest BCUT2D eigenvalue weighted by Crippen LogP contribution is -2.51. The molecule has 1 saturated heterocycles. The van der Waals surface area contributed by atoms with E-state index in [1.807, 2.05) is 39.9 Å². The SMILES string of the molecule is O=C(O)C(F)(F)F.O=C(c1ccsc1)N1CCOC2CC(COc3ccccn3)CC21. The van der Waals surface area contributed by atoms with Crippen LogP contribution in [0, 0.1) is 5.92 Å². The van der Waals surface area contributed by atoms with E-state index in [9.17, 15) is 18.0 Å². The number of aromatic nitrogens is 1. The van der Waals surface area contributed by atoms with Crippen LogP contribution in [0.1, 0.15) is 23.2 Å². The smallest absolute Gasteiger partial charge is 0.477 e.